The van der Waals surface area contributed by atoms with Gasteiger partial charge in [0.1, 0.15) is 0 Å². The number of halogens is 1. The van der Waals surface area contributed by atoms with Crippen molar-refractivity contribution in [3.63, 3.8) is 0 Å². The summed E-state index contributed by atoms with van der Waals surface area (Å²) in [5, 5.41) is 0. The van der Waals surface area contributed by atoms with Crippen molar-refractivity contribution in [1.29, 1.82) is 0 Å². The molecule has 1 amide bonds. The monoisotopic (exact) mass is 320 g/mol. The van der Waals surface area contributed by atoms with E-state index in [1.165, 1.54) is 6.07 Å². The van der Waals surface area contributed by atoms with Gasteiger partial charge in [0.05, 0.1) is 0 Å². The number of nitrogens with zero attached hydrogens (tertiary/aromatic N) is 2. The van der Waals surface area contributed by atoms with Gasteiger partial charge in [-0.2, -0.15) is 0 Å². The van der Waals surface area contributed by atoms with E-state index >= 15 is 0 Å². The number of carbonyl (C=O) groups excluding carboxylic acids is 1. The molecular formula is C18H25FN2O2. The van der Waals surface area contributed by atoms with Crippen LogP contribution in [0.25, 0.3) is 0 Å². The Morgan fingerprint density at radius 3 is 2.52 bits per heavy atom. The molecule has 1 aliphatic heterocycles. The van der Waals surface area contributed by atoms with E-state index in [0.717, 1.165) is 25.2 Å². The first-order chi connectivity index (χ1) is 11.0. The second-order valence-corrected chi connectivity index (χ2v) is 6.00. The molecule has 0 spiro atoms. The van der Waals surface area contributed by atoms with Gasteiger partial charge in [0.2, 0.25) is 0 Å². The maximum absolute atomic E-state index is 13.7. The lowest BCUT2D eigenvalue weighted by molar-refractivity contribution is -0.140. The average molecular weight is 320 g/mol. The molecule has 0 N–H and O–H groups in total. The van der Waals surface area contributed by atoms with Crippen LogP contribution in [0.2, 0.25) is 0 Å². The maximum atomic E-state index is 13.7. The highest BCUT2D eigenvalue weighted by Gasteiger charge is 2.28. The molecule has 1 aromatic carbocycles. The lowest BCUT2D eigenvalue weighted by atomic mass is 10.2. The molecule has 0 radical (unpaired) electrons. The van der Waals surface area contributed by atoms with Gasteiger partial charge in [-0.05, 0) is 25.5 Å². The Bertz CT molecular complexity index is 554. The number of hydrogen-bond acceptors (Lipinski definition) is 3. The minimum Gasteiger partial charge on any atom is -0.478 e. The van der Waals surface area contributed by atoms with Gasteiger partial charge < -0.3 is 9.64 Å². The fourth-order valence-electron chi connectivity index (χ4n) is 2.71. The average Bonchev–Trinajstić information content (AvgIpc) is 2.54. The topological polar surface area (TPSA) is 32.8 Å². The SMILES string of the molecule is C=C(C)CN1CCN(C(=O)[C@H](CC)Oc2ccccc2F)CC1. The van der Waals surface area contributed by atoms with E-state index in [-0.39, 0.29) is 11.7 Å². The summed E-state index contributed by atoms with van der Waals surface area (Å²) in [7, 11) is 0. The predicted octanol–water partition coefficient (Wildman–Crippen LogP) is 2.70. The van der Waals surface area contributed by atoms with Crippen LogP contribution in [0.4, 0.5) is 4.39 Å². The molecule has 1 heterocycles. The summed E-state index contributed by atoms with van der Waals surface area (Å²) in [5.74, 6) is -0.371. The van der Waals surface area contributed by atoms with Crippen LogP contribution in [0, 0.1) is 5.82 Å². The highest BCUT2D eigenvalue weighted by Crippen LogP contribution is 2.19. The van der Waals surface area contributed by atoms with Crippen molar-refractivity contribution in [1.82, 2.24) is 9.80 Å². The maximum Gasteiger partial charge on any atom is 0.263 e. The second-order valence-electron chi connectivity index (χ2n) is 6.00. The van der Waals surface area contributed by atoms with Crippen molar-refractivity contribution in [3.8, 4) is 5.75 Å². The molecule has 1 saturated heterocycles. The molecule has 1 fully saturated rings. The van der Waals surface area contributed by atoms with Crippen LogP contribution in [0.3, 0.4) is 0 Å². The first-order valence-electron chi connectivity index (χ1n) is 8.08. The van der Waals surface area contributed by atoms with Gasteiger partial charge >= 0.3 is 0 Å². The Labute approximate surface area is 137 Å². The Hall–Kier alpha value is -1.88. The Balaban J connectivity index is 1.93. The van der Waals surface area contributed by atoms with Crippen LogP contribution in [0.15, 0.2) is 36.4 Å². The molecule has 1 atom stereocenters. The number of benzene rings is 1. The Kier molecular flexibility index (Phi) is 6.16. The third kappa shape index (κ3) is 4.79. The summed E-state index contributed by atoms with van der Waals surface area (Å²) in [6, 6.07) is 6.19. The fraction of sp³-hybridized carbons (Fsp3) is 0.500. The summed E-state index contributed by atoms with van der Waals surface area (Å²) >= 11 is 0. The van der Waals surface area contributed by atoms with Crippen molar-refractivity contribution >= 4 is 5.91 Å². The first kappa shape index (κ1) is 17.5. The molecule has 0 aromatic heterocycles. The minimum atomic E-state index is -0.639. The molecular weight excluding hydrogens is 295 g/mol. The lowest BCUT2D eigenvalue weighted by Crippen LogP contribution is -2.52. The van der Waals surface area contributed by atoms with Gasteiger partial charge in [-0.1, -0.05) is 31.2 Å². The zero-order valence-corrected chi connectivity index (χ0v) is 13.9. The zero-order valence-electron chi connectivity index (χ0n) is 13.9. The number of amides is 1. The molecule has 2 rings (SSSR count). The van der Waals surface area contributed by atoms with Crippen molar-refractivity contribution in [3.05, 3.63) is 42.2 Å². The van der Waals surface area contributed by atoms with Crippen LogP contribution < -0.4 is 4.74 Å². The highest BCUT2D eigenvalue weighted by molar-refractivity contribution is 5.81. The number of carbonyl (C=O) groups is 1. The first-order valence-corrected chi connectivity index (χ1v) is 8.08. The van der Waals surface area contributed by atoms with E-state index in [1.807, 2.05) is 18.7 Å². The van der Waals surface area contributed by atoms with Gasteiger partial charge in [0.15, 0.2) is 17.7 Å². The van der Waals surface area contributed by atoms with Gasteiger partial charge in [-0.15, -0.1) is 0 Å². The number of hydrogen-bond donors (Lipinski definition) is 0. The third-order valence-corrected chi connectivity index (χ3v) is 3.93. The summed E-state index contributed by atoms with van der Waals surface area (Å²) < 4.78 is 19.3. The van der Waals surface area contributed by atoms with E-state index < -0.39 is 11.9 Å². The summed E-state index contributed by atoms with van der Waals surface area (Å²) in [4.78, 5) is 16.7. The van der Waals surface area contributed by atoms with Crippen LogP contribution in [-0.2, 0) is 4.79 Å². The zero-order chi connectivity index (χ0) is 16.8. The Morgan fingerprint density at radius 2 is 1.96 bits per heavy atom. The quantitative estimate of drug-likeness (QED) is 0.756. The summed E-state index contributed by atoms with van der Waals surface area (Å²) in [5.41, 5.74) is 1.12. The number of para-hydroxylation sites is 1. The van der Waals surface area contributed by atoms with Crippen molar-refractivity contribution in [2.24, 2.45) is 0 Å². The van der Waals surface area contributed by atoms with Gasteiger partial charge in [0.25, 0.3) is 5.91 Å². The molecule has 0 saturated carbocycles. The lowest BCUT2D eigenvalue weighted by Gasteiger charge is -2.36. The predicted molar refractivity (Wildman–Crippen MR) is 88.9 cm³/mol. The van der Waals surface area contributed by atoms with Crippen LogP contribution in [0.5, 0.6) is 5.75 Å². The molecule has 126 valence electrons. The second kappa shape index (κ2) is 8.11. The molecule has 0 aliphatic carbocycles. The van der Waals surface area contributed by atoms with Crippen molar-refractivity contribution < 1.29 is 13.9 Å². The smallest absolute Gasteiger partial charge is 0.263 e. The van der Waals surface area contributed by atoms with Crippen LogP contribution in [-0.4, -0.2) is 54.5 Å². The molecule has 1 aliphatic rings. The van der Waals surface area contributed by atoms with Gasteiger partial charge in [-0.3, -0.25) is 9.69 Å². The van der Waals surface area contributed by atoms with Crippen LogP contribution >= 0.6 is 0 Å². The number of ether oxygens (including phenoxy) is 1. The van der Waals surface area contributed by atoms with E-state index in [2.05, 4.69) is 11.5 Å². The minimum absolute atomic E-state index is 0.0641. The Morgan fingerprint density at radius 1 is 1.30 bits per heavy atom. The van der Waals surface area contributed by atoms with E-state index in [0.29, 0.717) is 19.5 Å². The van der Waals surface area contributed by atoms with E-state index in [1.54, 1.807) is 18.2 Å². The van der Waals surface area contributed by atoms with Gasteiger partial charge in [-0.25, -0.2) is 4.39 Å². The number of piperazine rings is 1. The largest absolute Gasteiger partial charge is 0.478 e. The molecule has 0 bridgehead atoms. The molecule has 5 heteroatoms. The third-order valence-electron chi connectivity index (χ3n) is 3.93. The molecule has 0 unspecified atom stereocenters. The van der Waals surface area contributed by atoms with E-state index in [9.17, 15) is 9.18 Å². The standard InChI is InChI=1S/C18H25FN2O2/c1-4-16(23-17-8-6-5-7-15(17)19)18(22)21-11-9-20(10-12-21)13-14(2)3/h5-8,16H,2,4,9-13H2,1,3H3/t16-/m0/s1. The number of rotatable bonds is 6. The molecule has 4 nitrogen and oxygen atoms in total. The molecule has 1 aromatic rings. The van der Waals surface area contributed by atoms with Crippen LogP contribution in [0.1, 0.15) is 20.3 Å². The normalized spacial score (nSPS) is 16.9. The fourth-order valence-corrected chi connectivity index (χ4v) is 2.71. The van der Waals surface area contributed by atoms with Gasteiger partial charge in [0, 0.05) is 32.7 Å². The highest BCUT2D eigenvalue weighted by atomic mass is 19.1. The van der Waals surface area contributed by atoms with Crippen molar-refractivity contribution in [2.75, 3.05) is 32.7 Å². The van der Waals surface area contributed by atoms with Crippen molar-refractivity contribution in [2.45, 2.75) is 26.4 Å². The van der Waals surface area contributed by atoms with E-state index in [4.69, 9.17) is 4.74 Å². The summed E-state index contributed by atoms with van der Waals surface area (Å²) in [6.45, 7) is 11.7. The molecule has 23 heavy (non-hydrogen) atoms. The summed E-state index contributed by atoms with van der Waals surface area (Å²) in [6.07, 6.45) is -0.126.